The van der Waals surface area contributed by atoms with Crippen molar-refractivity contribution in [2.45, 2.75) is 19.6 Å². The predicted octanol–water partition coefficient (Wildman–Crippen LogP) is 3.33. The highest BCUT2D eigenvalue weighted by Gasteiger charge is 2.11. The lowest BCUT2D eigenvalue weighted by molar-refractivity contribution is 0.178. The van der Waals surface area contributed by atoms with Crippen molar-refractivity contribution in [1.29, 1.82) is 0 Å². The summed E-state index contributed by atoms with van der Waals surface area (Å²) in [6.45, 7) is 3.20. The number of aliphatic hydroxyl groups excluding tert-OH is 1. The molecule has 0 saturated heterocycles. The molecule has 0 saturated carbocycles. The summed E-state index contributed by atoms with van der Waals surface area (Å²) in [6.07, 6.45) is -0.611. The topological polar surface area (TPSA) is 61.7 Å². The summed E-state index contributed by atoms with van der Waals surface area (Å²) in [6, 6.07) is 8.95. The Bertz CT molecular complexity index is 588. The van der Waals surface area contributed by atoms with Gasteiger partial charge in [-0.3, -0.25) is 0 Å². The standard InChI is InChI=1S/C15H18ClNO3S/c1-2-20-12-5-3-4-10(15(12)19)8-17-9-11(18)13-6-7-14(16)21-13/h3-7,11,17-19H,2,8-9H2,1H3. The molecule has 0 fully saturated rings. The first-order chi connectivity index (χ1) is 10.1. The average Bonchev–Trinajstić information content (AvgIpc) is 2.89. The van der Waals surface area contributed by atoms with Gasteiger partial charge in [0.1, 0.15) is 6.10 Å². The minimum Gasteiger partial charge on any atom is -0.504 e. The zero-order chi connectivity index (χ0) is 15.2. The molecular weight excluding hydrogens is 310 g/mol. The van der Waals surface area contributed by atoms with Gasteiger partial charge in [-0.05, 0) is 25.1 Å². The summed E-state index contributed by atoms with van der Waals surface area (Å²) in [5.74, 6) is 0.614. The molecule has 0 aliphatic carbocycles. The molecule has 3 N–H and O–H groups in total. The van der Waals surface area contributed by atoms with E-state index in [4.69, 9.17) is 16.3 Å². The van der Waals surface area contributed by atoms with Gasteiger partial charge in [-0.1, -0.05) is 23.7 Å². The molecule has 0 aliphatic heterocycles. The number of phenolic OH excluding ortho intramolecular Hbond substituents is 1. The summed E-state index contributed by atoms with van der Waals surface area (Å²) in [5.41, 5.74) is 0.734. The van der Waals surface area contributed by atoms with Crippen LogP contribution in [-0.2, 0) is 6.54 Å². The Hall–Kier alpha value is -1.27. The number of aliphatic hydroxyl groups is 1. The molecule has 6 heteroatoms. The maximum atomic E-state index is 10.1. The van der Waals surface area contributed by atoms with Gasteiger partial charge in [0, 0.05) is 23.5 Å². The number of rotatable bonds is 7. The highest BCUT2D eigenvalue weighted by atomic mass is 35.5. The van der Waals surface area contributed by atoms with Crippen LogP contribution in [0.4, 0.5) is 0 Å². The Morgan fingerprint density at radius 3 is 2.81 bits per heavy atom. The second kappa shape index (κ2) is 7.66. The normalized spacial score (nSPS) is 12.3. The first-order valence-electron chi connectivity index (χ1n) is 6.69. The minimum absolute atomic E-state index is 0.139. The molecule has 1 atom stereocenters. The highest BCUT2D eigenvalue weighted by Crippen LogP contribution is 2.30. The van der Waals surface area contributed by atoms with Crippen molar-refractivity contribution in [2.24, 2.45) is 0 Å². The molecule has 0 amide bonds. The fraction of sp³-hybridized carbons (Fsp3) is 0.333. The van der Waals surface area contributed by atoms with Crippen molar-refractivity contribution >= 4 is 22.9 Å². The van der Waals surface area contributed by atoms with E-state index in [0.717, 1.165) is 10.4 Å². The monoisotopic (exact) mass is 327 g/mol. The predicted molar refractivity (Wildman–Crippen MR) is 85.3 cm³/mol. The van der Waals surface area contributed by atoms with Crippen molar-refractivity contribution in [1.82, 2.24) is 5.32 Å². The van der Waals surface area contributed by atoms with Crippen LogP contribution in [0, 0.1) is 0 Å². The molecule has 0 radical (unpaired) electrons. The van der Waals surface area contributed by atoms with Crippen molar-refractivity contribution in [3.05, 3.63) is 45.1 Å². The SMILES string of the molecule is CCOc1cccc(CNCC(O)c2ccc(Cl)s2)c1O. The largest absolute Gasteiger partial charge is 0.504 e. The Kier molecular flexibility index (Phi) is 5.87. The fourth-order valence-electron chi connectivity index (χ4n) is 1.93. The summed E-state index contributed by atoms with van der Waals surface area (Å²) >= 11 is 7.20. The maximum Gasteiger partial charge on any atom is 0.162 e. The number of phenols is 1. The lowest BCUT2D eigenvalue weighted by atomic mass is 10.2. The number of para-hydroxylation sites is 1. The second-order valence-corrected chi connectivity index (χ2v) is 6.23. The number of halogens is 1. The van der Waals surface area contributed by atoms with Crippen LogP contribution >= 0.6 is 22.9 Å². The van der Waals surface area contributed by atoms with Gasteiger partial charge in [0.15, 0.2) is 11.5 Å². The summed E-state index contributed by atoms with van der Waals surface area (Å²) in [7, 11) is 0. The molecule has 4 nitrogen and oxygen atoms in total. The molecule has 1 unspecified atom stereocenters. The minimum atomic E-state index is -0.611. The van der Waals surface area contributed by atoms with Gasteiger partial charge in [0.25, 0.3) is 0 Å². The van der Waals surface area contributed by atoms with Gasteiger partial charge in [-0.15, -0.1) is 11.3 Å². The fourth-order valence-corrected chi connectivity index (χ4v) is 2.98. The number of hydrogen-bond donors (Lipinski definition) is 3. The Morgan fingerprint density at radius 2 is 2.14 bits per heavy atom. The van der Waals surface area contributed by atoms with Crippen LogP contribution in [0.3, 0.4) is 0 Å². The number of hydrogen-bond acceptors (Lipinski definition) is 5. The van der Waals surface area contributed by atoms with Crippen molar-refractivity contribution in [2.75, 3.05) is 13.2 Å². The van der Waals surface area contributed by atoms with E-state index >= 15 is 0 Å². The molecule has 0 aliphatic rings. The number of ether oxygens (including phenoxy) is 1. The van der Waals surface area contributed by atoms with E-state index in [1.165, 1.54) is 11.3 Å². The van der Waals surface area contributed by atoms with E-state index in [0.29, 0.717) is 29.8 Å². The Balaban J connectivity index is 1.90. The lowest BCUT2D eigenvalue weighted by Gasteiger charge is -2.13. The van der Waals surface area contributed by atoms with Crippen LogP contribution in [0.1, 0.15) is 23.5 Å². The molecule has 1 aromatic heterocycles. The summed E-state index contributed by atoms with van der Waals surface area (Å²) < 4.78 is 6.00. The average molecular weight is 328 g/mol. The van der Waals surface area contributed by atoms with Gasteiger partial charge >= 0.3 is 0 Å². The first-order valence-corrected chi connectivity index (χ1v) is 7.89. The van der Waals surface area contributed by atoms with E-state index in [9.17, 15) is 10.2 Å². The lowest BCUT2D eigenvalue weighted by Crippen LogP contribution is -2.20. The zero-order valence-corrected chi connectivity index (χ0v) is 13.2. The first kappa shape index (κ1) is 16.1. The van der Waals surface area contributed by atoms with Gasteiger partial charge in [0.2, 0.25) is 0 Å². The quantitative estimate of drug-likeness (QED) is 0.730. The molecule has 21 heavy (non-hydrogen) atoms. The van der Waals surface area contributed by atoms with E-state index < -0.39 is 6.10 Å². The van der Waals surface area contributed by atoms with Crippen LogP contribution in [-0.4, -0.2) is 23.4 Å². The maximum absolute atomic E-state index is 10.1. The van der Waals surface area contributed by atoms with Crippen molar-refractivity contribution in [3.63, 3.8) is 0 Å². The molecule has 1 heterocycles. The Morgan fingerprint density at radius 1 is 1.33 bits per heavy atom. The number of aromatic hydroxyl groups is 1. The number of thiophene rings is 1. The number of nitrogens with one attached hydrogen (secondary N) is 1. The third-order valence-corrected chi connectivity index (χ3v) is 4.29. The van der Waals surface area contributed by atoms with Crippen LogP contribution in [0.15, 0.2) is 30.3 Å². The van der Waals surface area contributed by atoms with E-state index in [-0.39, 0.29) is 5.75 Å². The molecule has 0 bridgehead atoms. The van der Waals surface area contributed by atoms with Gasteiger partial charge < -0.3 is 20.3 Å². The second-order valence-electron chi connectivity index (χ2n) is 4.49. The third-order valence-electron chi connectivity index (χ3n) is 2.96. The molecule has 0 spiro atoms. The Labute approximate surface area is 133 Å². The molecular formula is C15H18ClNO3S. The van der Waals surface area contributed by atoms with E-state index in [1.54, 1.807) is 12.1 Å². The summed E-state index contributed by atoms with van der Waals surface area (Å²) in [5, 5.41) is 23.2. The zero-order valence-electron chi connectivity index (χ0n) is 11.7. The smallest absolute Gasteiger partial charge is 0.162 e. The molecule has 114 valence electrons. The molecule has 2 rings (SSSR count). The van der Waals surface area contributed by atoms with Gasteiger partial charge in [-0.2, -0.15) is 0 Å². The highest BCUT2D eigenvalue weighted by molar-refractivity contribution is 7.16. The van der Waals surface area contributed by atoms with Gasteiger partial charge in [0.05, 0.1) is 10.9 Å². The molecule has 1 aromatic carbocycles. The van der Waals surface area contributed by atoms with Crippen molar-refractivity contribution in [3.8, 4) is 11.5 Å². The van der Waals surface area contributed by atoms with Gasteiger partial charge in [-0.25, -0.2) is 0 Å². The van der Waals surface area contributed by atoms with E-state index in [1.807, 2.05) is 25.1 Å². The molecule has 2 aromatic rings. The van der Waals surface area contributed by atoms with E-state index in [2.05, 4.69) is 5.32 Å². The van der Waals surface area contributed by atoms with Crippen LogP contribution in [0.2, 0.25) is 4.34 Å². The van der Waals surface area contributed by atoms with Crippen LogP contribution < -0.4 is 10.1 Å². The van der Waals surface area contributed by atoms with Crippen LogP contribution in [0.5, 0.6) is 11.5 Å². The van der Waals surface area contributed by atoms with Crippen molar-refractivity contribution < 1.29 is 14.9 Å². The van der Waals surface area contributed by atoms with Crippen LogP contribution in [0.25, 0.3) is 0 Å². The third kappa shape index (κ3) is 4.35. The summed E-state index contributed by atoms with van der Waals surface area (Å²) in [4.78, 5) is 0.819. The number of benzene rings is 1.